The third-order valence-corrected chi connectivity index (χ3v) is 6.95. The normalized spacial score (nSPS) is 11.7. The standard InChI is InChI=1S/C20H14ClFN2O2S2/c1-12-10-14(7-9-17(12)22)28(25,26)24-13-6-8-15(16(21)11-13)20-23-18-4-2-3-5-19(18)27-20/h2-11,24H,1H3. The van der Waals surface area contributed by atoms with E-state index >= 15 is 0 Å². The molecule has 142 valence electrons. The number of nitrogens with zero attached hydrogens (tertiary/aromatic N) is 1. The molecule has 0 atom stereocenters. The lowest BCUT2D eigenvalue weighted by Gasteiger charge is -2.10. The number of rotatable bonds is 4. The molecule has 0 aliphatic rings. The van der Waals surface area contributed by atoms with E-state index in [1.54, 1.807) is 12.1 Å². The van der Waals surface area contributed by atoms with Crippen molar-refractivity contribution < 1.29 is 12.8 Å². The van der Waals surface area contributed by atoms with Crippen molar-refractivity contribution >= 4 is 48.9 Å². The molecule has 0 bridgehead atoms. The highest BCUT2D eigenvalue weighted by molar-refractivity contribution is 7.92. The van der Waals surface area contributed by atoms with Gasteiger partial charge in [0.05, 0.1) is 25.8 Å². The number of hydrogen-bond donors (Lipinski definition) is 1. The van der Waals surface area contributed by atoms with E-state index in [1.165, 1.54) is 36.5 Å². The van der Waals surface area contributed by atoms with E-state index in [9.17, 15) is 12.8 Å². The van der Waals surface area contributed by atoms with Crippen LogP contribution in [0, 0.1) is 12.7 Å². The second kappa shape index (κ2) is 7.16. The van der Waals surface area contributed by atoms with Gasteiger partial charge in [0, 0.05) is 5.56 Å². The Hall–Kier alpha value is -2.48. The van der Waals surface area contributed by atoms with Crippen LogP contribution < -0.4 is 4.72 Å². The zero-order valence-electron chi connectivity index (χ0n) is 14.6. The summed E-state index contributed by atoms with van der Waals surface area (Å²) < 4.78 is 42.1. The van der Waals surface area contributed by atoms with E-state index < -0.39 is 15.8 Å². The fourth-order valence-corrected chi connectivity index (χ4v) is 5.20. The van der Waals surface area contributed by atoms with Gasteiger partial charge in [0.15, 0.2) is 0 Å². The summed E-state index contributed by atoms with van der Waals surface area (Å²) in [7, 11) is -3.86. The maximum atomic E-state index is 13.4. The maximum Gasteiger partial charge on any atom is 0.261 e. The van der Waals surface area contributed by atoms with Gasteiger partial charge in [-0.1, -0.05) is 23.7 Å². The molecule has 8 heteroatoms. The summed E-state index contributed by atoms with van der Waals surface area (Å²) in [6.45, 7) is 1.51. The molecule has 0 fully saturated rings. The van der Waals surface area contributed by atoms with Crippen LogP contribution in [0.5, 0.6) is 0 Å². The minimum absolute atomic E-state index is 0.0160. The zero-order chi connectivity index (χ0) is 19.9. The van der Waals surface area contributed by atoms with Gasteiger partial charge < -0.3 is 0 Å². The molecule has 1 aromatic heterocycles. The van der Waals surface area contributed by atoms with Gasteiger partial charge in [-0.2, -0.15) is 0 Å². The minimum atomic E-state index is -3.86. The molecule has 4 rings (SSSR count). The Morgan fingerprint density at radius 3 is 2.57 bits per heavy atom. The van der Waals surface area contributed by atoms with Crippen LogP contribution in [0.3, 0.4) is 0 Å². The summed E-state index contributed by atoms with van der Waals surface area (Å²) in [5, 5.41) is 1.14. The van der Waals surface area contributed by atoms with Crippen LogP contribution in [0.1, 0.15) is 5.56 Å². The lowest BCUT2D eigenvalue weighted by molar-refractivity contribution is 0.598. The topological polar surface area (TPSA) is 59.1 Å². The fourth-order valence-electron chi connectivity index (χ4n) is 2.74. The van der Waals surface area contributed by atoms with Crippen molar-refractivity contribution in [3.8, 4) is 10.6 Å². The van der Waals surface area contributed by atoms with E-state index in [0.717, 1.165) is 26.9 Å². The molecule has 28 heavy (non-hydrogen) atoms. The Labute approximate surface area is 170 Å². The first-order valence-corrected chi connectivity index (χ1v) is 11.0. The fraction of sp³-hybridized carbons (Fsp3) is 0.0500. The van der Waals surface area contributed by atoms with Gasteiger partial charge >= 0.3 is 0 Å². The van der Waals surface area contributed by atoms with Gasteiger partial charge in [-0.05, 0) is 61.0 Å². The first kappa shape index (κ1) is 18.9. The number of hydrogen-bond acceptors (Lipinski definition) is 4. The number of aromatic nitrogens is 1. The van der Waals surface area contributed by atoms with Gasteiger partial charge in [-0.3, -0.25) is 4.72 Å². The highest BCUT2D eigenvalue weighted by Gasteiger charge is 2.17. The lowest BCUT2D eigenvalue weighted by Crippen LogP contribution is -2.13. The van der Waals surface area contributed by atoms with Crippen molar-refractivity contribution in [2.45, 2.75) is 11.8 Å². The lowest BCUT2D eigenvalue weighted by atomic mass is 10.2. The zero-order valence-corrected chi connectivity index (χ0v) is 17.0. The number of para-hydroxylation sites is 1. The van der Waals surface area contributed by atoms with E-state index in [4.69, 9.17) is 11.6 Å². The highest BCUT2D eigenvalue weighted by atomic mass is 35.5. The summed E-state index contributed by atoms with van der Waals surface area (Å²) in [4.78, 5) is 4.56. The molecule has 1 N–H and O–H groups in total. The molecule has 0 saturated carbocycles. The molecular formula is C20H14ClFN2O2S2. The van der Waals surface area contributed by atoms with Gasteiger partial charge in [-0.25, -0.2) is 17.8 Å². The number of halogens is 2. The first-order valence-electron chi connectivity index (χ1n) is 8.28. The molecule has 0 unspecified atom stereocenters. The monoisotopic (exact) mass is 432 g/mol. The Kier molecular flexibility index (Phi) is 4.82. The third-order valence-electron chi connectivity index (χ3n) is 4.19. The van der Waals surface area contributed by atoms with Crippen molar-refractivity contribution in [3.63, 3.8) is 0 Å². The highest BCUT2D eigenvalue weighted by Crippen LogP contribution is 2.36. The van der Waals surface area contributed by atoms with Crippen LogP contribution in [0.2, 0.25) is 5.02 Å². The molecule has 0 saturated heterocycles. The first-order chi connectivity index (χ1) is 13.3. The molecule has 1 heterocycles. The summed E-state index contributed by atoms with van der Waals surface area (Å²) in [6.07, 6.45) is 0. The second-order valence-corrected chi connectivity index (χ2v) is 9.32. The van der Waals surface area contributed by atoms with Gasteiger partial charge in [0.25, 0.3) is 10.0 Å². The van der Waals surface area contributed by atoms with Crippen molar-refractivity contribution in [2.75, 3.05) is 4.72 Å². The minimum Gasteiger partial charge on any atom is -0.280 e. The summed E-state index contributed by atoms with van der Waals surface area (Å²) in [5.74, 6) is -0.456. The quantitative estimate of drug-likeness (QED) is 0.439. The maximum absolute atomic E-state index is 13.4. The van der Waals surface area contributed by atoms with Crippen molar-refractivity contribution in [2.24, 2.45) is 0 Å². The molecule has 0 amide bonds. The van der Waals surface area contributed by atoms with Crippen LogP contribution in [0.15, 0.2) is 65.6 Å². The van der Waals surface area contributed by atoms with Gasteiger partial charge in [-0.15, -0.1) is 11.3 Å². The molecule has 4 aromatic rings. The van der Waals surface area contributed by atoms with Crippen molar-refractivity contribution in [3.05, 3.63) is 77.1 Å². The van der Waals surface area contributed by atoms with Gasteiger partial charge in [0.2, 0.25) is 0 Å². The van der Waals surface area contributed by atoms with E-state index in [2.05, 4.69) is 9.71 Å². The molecular weight excluding hydrogens is 419 g/mol. The SMILES string of the molecule is Cc1cc(S(=O)(=O)Nc2ccc(-c3nc4ccccc4s3)c(Cl)c2)ccc1F. The molecule has 0 aliphatic heterocycles. The van der Waals surface area contributed by atoms with Crippen molar-refractivity contribution in [1.29, 1.82) is 0 Å². The summed E-state index contributed by atoms with van der Waals surface area (Å²) >= 11 is 7.91. The van der Waals surface area contributed by atoms with E-state index in [1.807, 2.05) is 24.3 Å². The molecule has 4 nitrogen and oxygen atoms in total. The number of fused-ring (bicyclic) bond motifs is 1. The number of nitrogens with one attached hydrogen (secondary N) is 1. The third kappa shape index (κ3) is 3.61. The van der Waals surface area contributed by atoms with Gasteiger partial charge in [0.1, 0.15) is 10.8 Å². The Morgan fingerprint density at radius 1 is 1.07 bits per heavy atom. The number of thiazole rings is 1. The summed E-state index contributed by atoms with van der Waals surface area (Å²) in [5.41, 5.74) is 2.18. The van der Waals surface area contributed by atoms with Crippen LogP contribution in [-0.2, 0) is 10.0 Å². The van der Waals surface area contributed by atoms with Crippen LogP contribution in [0.4, 0.5) is 10.1 Å². The molecule has 3 aromatic carbocycles. The average molecular weight is 433 g/mol. The summed E-state index contributed by atoms with van der Waals surface area (Å²) in [6, 6.07) is 16.3. The van der Waals surface area contributed by atoms with Crippen LogP contribution in [-0.4, -0.2) is 13.4 Å². The largest absolute Gasteiger partial charge is 0.280 e. The van der Waals surface area contributed by atoms with E-state index in [-0.39, 0.29) is 10.5 Å². The number of aryl methyl sites for hydroxylation is 1. The Balaban J connectivity index is 1.65. The number of anilines is 1. The predicted octanol–water partition coefficient (Wildman–Crippen LogP) is 5.87. The number of sulfonamides is 1. The predicted molar refractivity (Wildman–Crippen MR) is 112 cm³/mol. The molecule has 0 aliphatic carbocycles. The Morgan fingerprint density at radius 2 is 1.86 bits per heavy atom. The Bertz CT molecular complexity index is 1270. The van der Waals surface area contributed by atoms with Crippen LogP contribution >= 0.6 is 22.9 Å². The van der Waals surface area contributed by atoms with Crippen molar-refractivity contribution in [1.82, 2.24) is 4.98 Å². The smallest absolute Gasteiger partial charge is 0.261 e. The number of benzene rings is 3. The van der Waals surface area contributed by atoms with E-state index in [0.29, 0.717) is 10.7 Å². The second-order valence-electron chi connectivity index (χ2n) is 6.20. The molecule has 0 radical (unpaired) electrons. The molecule has 0 spiro atoms. The average Bonchev–Trinajstić information content (AvgIpc) is 3.07. The van der Waals surface area contributed by atoms with Crippen LogP contribution in [0.25, 0.3) is 20.8 Å².